The second-order valence-corrected chi connectivity index (χ2v) is 6.59. The molecule has 2 amide bonds. The second kappa shape index (κ2) is 6.71. The number of rotatable bonds is 7. The van der Waals surface area contributed by atoms with E-state index < -0.39 is 0 Å². The van der Waals surface area contributed by atoms with E-state index in [-0.39, 0.29) is 29.3 Å². The summed E-state index contributed by atoms with van der Waals surface area (Å²) in [4.78, 5) is 23.6. The molecule has 1 saturated carbocycles. The second-order valence-electron chi connectivity index (χ2n) is 6.59. The van der Waals surface area contributed by atoms with E-state index in [2.05, 4.69) is 17.4 Å². The van der Waals surface area contributed by atoms with Crippen LogP contribution in [-0.4, -0.2) is 25.0 Å². The zero-order valence-corrected chi connectivity index (χ0v) is 13.3. The van der Waals surface area contributed by atoms with E-state index in [0.717, 1.165) is 38.7 Å². The number of ether oxygens (including phenoxy) is 1. The monoisotopic (exact) mass is 316 g/mol. The van der Waals surface area contributed by atoms with Crippen LogP contribution >= 0.6 is 0 Å². The Hall–Kier alpha value is -1.88. The van der Waals surface area contributed by atoms with Crippen molar-refractivity contribution < 1.29 is 14.3 Å². The van der Waals surface area contributed by atoms with Gasteiger partial charge in [-0.25, -0.2) is 0 Å². The summed E-state index contributed by atoms with van der Waals surface area (Å²) in [5, 5.41) is 2.96. The summed E-state index contributed by atoms with van der Waals surface area (Å²) in [6, 6.07) is 10.2. The lowest BCUT2D eigenvalue weighted by molar-refractivity contribution is -0.132. The van der Waals surface area contributed by atoms with E-state index in [1.807, 2.05) is 18.2 Å². The Morgan fingerprint density at radius 1 is 1.22 bits per heavy atom. The highest BCUT2D eigenvalue weighted by Gasteiger charge is 2.45. The van der Waals surface area contributed by atoms with Crippen molar-refractivity contribution in [3.63, 3.8) is 0 Å². The third-order valence-electron chi connectivity index (χ3n) is 5.07. The molecule has 5 nitrogen and oxygen atoms in total. The van der Waals surface area contributed by atoms with Crippen LogP contribution in [0.4, 0.5) is 0 Å². The van der Waals surface area contributed by atoms with Gasteiger partial charge >= 0.3 is 0 Å². The van der Waals surface area contributed by atoms with Gasteiger partial charge in [0, 0.05) is 18.4 Å². The molecule has 5 heteroatoms. The van der Waals surface area contributed by atoms with E-state index >= 15 is 0 Å². The fourth-order valence-corrected chi connectivity index (χ4v) is 3.62. The summed E-state index contributed by atoms with van der Waals surface area (Å²) in [6.07, 6.45) is 4.14. The van der Waals surface area contributed by atoms with Crippen LogP contribution in [-0.2, 0) is 19.9 Å². The van der Waals surface area contributed by atoms with Crippen LogP contribution in [0.15, 0.2) is 30.3 Å². The third kappa shape index (κ3) is 3.55. The Bertz CT molecular complexity index is 569. The summed E-state index contributed by atoms with van der Waals surface area (Å²) >= 11 is 0. The van der Waals surface area contributed by atoms with Gasteiger partial charge in [-0.3, -0.25) is 9.59 Å². The number of amides is 2. The first kappa shape index (κ1) is 16.0. The molecule has 3 rings (SSSR count). The highest BCUT2D eigenvalue weighted by Crippen LogP contribution is 2.42. The van der Waals surface area contributed by atoms with Crippen LogP contribution in [0.25, 0.3) is 0 Å². The molecule has 1 aliphatic heterocycles. The molecule has 0 aromatic heterocycles. The molecule has 2 fully saturated rings. The largest absolute Gasteiger partial charge is 0.369 e. The molecule has 1 saturated heterocycles. The molecular weight excluding hydrogens is 292 g/mol. The van der Waals surface area contributed by atoms with Crippen LogP contribution < -0.4 is 11.1 Å². The van der Waals surface area contributed by atoms with Crippen molar-refractivity contribution in [3.8, 4) is 0 Å². The topological polar surface area (TPSA) is 84.7 Å². The quantitative estimate of drug-likeness (QED) is 0.593. The lowest BCUT2D eigenvalue weighted by Gasteiger charge is -2.17. The van der Waals surface area contributed by atoms with E-state index in [1.165, 1.54) is 5.56 Å². The Labute approximate surface area is 136 Å². The van der Waals surface area contributed by atoms with Crippen LogP contribution in [0.3, 0.4) is 0 Å². The summed E-state index contributed by atoms with van der Waals surface area (Å²) < 4.78 is 5.66. The van der Waals surface area contributed by atoms with Crippen LogP contribution in [0, 0.1) is 11.8 Å². The van der Waals surface area contributed by atoms with Crippen molar-refractivity contribution in [2.75, 3.05) is 13.2 Å². The molecular formula is C18H24N2O3. The number of hydrogen-bond donors (Lipinski definition) is 2. The fourth-order valence-electron chi connectivity index (χ4n) is 3.62. The predicted molar refractivity (Wildman–Crippen MR) is 86.3 cm³/mol. The van der Waals surface area contributed by atoms with Gasteiger partial charge in [-0.2, -0.15) is 0 Å². The number of epoxide rings is 1. The minimum atomic E-state index is -0.350. The smallest absolute Gasteiger partial charge is 0.223 e. The molecule has 0 bridgehead atoms. The molecule has 0 spiro atoms. The molecule has 1 aromatic rings. The number of nitrogens with one attached hydrogen (secondary N) is 1. The van der Waals surface area contributed by atoms with Gasteiger partial charge in [0.05, 0.1) is 6.61 Å². The number of carbonyl (C=O) groups is 2. The van der Waals surface area contributed by atoms with Crippen molar-refractivity contribution >= 4 is 11.8 Å². The van der Waals surface area contributed by atoms with Crippen molar-refractivity contribution in [2.45, 2.75) is 37.7 Å². The third-order valence-corrected chi connectivity index (χ3v) is 5.07. The lowest BCUT2D eigenvalue weighted by Crippen LogP contribution is -2.38. The number of hydrogen-bond acceptors (Lipinski definition) is 3. The Morgan fingerprint density at radius 2 is 1.91 bits per heavy atom. The average molecular weight is 316 g/mol. The van der Waals surface area contributed by atoms with Crippen molar-refractivity contribution in [2.24, 2.45) is 17.6 Å². The minimum Gasteiger partial charge on any atom is -0.369 e. The highest BCUT2D eigenvalue weighted by atomic mass is 16.6. The highest BCUT2D eigenvalue weighted by molar-refractivity contribution is 5.87. The van der Waals surface area contributed by atoms with Gasteiger partial charge in [0.15, 0.2) is 0 Å². The molecule has 23 heavy (non-hydrogen) atoms. The van der Waals surface area contributed by atoms with E-state index in [4.69, 9.17) is 10.5 Å². The normalized spacial score (nSPS) is 29.2. The van der Waals surface area contributed by atoms with Crippen molar-refractivity contribution in [1.82, 2.24) is 5.32 Å². The molecule has 124 valence electrons. The summed E-state index contributed by atoms with van der Waals surface area (Å²) in [5.74, 6) is -0.918. The number of carbonyl (C=O) groups excluding carboxylic acids is 2. The van der Waals surface area contributed by atoms with Crippen molar-refractivity contribution in [3.05, 3.63) is 35.9 Å². The van der Waals surface area contributed by atoms with E-state index in [1.54, 1.807) is 0 Å². The van der Waals surface area contributed by atoms with Crippen molar-refractivity contribution in [1.29, 1.82) is 0 Å². The first-order valence-corrected chi connectivity index (χ1v) is 8.39. The van der Waals surface area contributed by atoms with Gasteiger partial charge in [-0.15, -0.1) is 0 Å². The van der Waals surface area contributed by atoms with Gasteiger partial charge in [-0.1, -0.05) is 36.8 Å². The maximum absolute atomic E-state index is 12.2. The standard InChI is InChI=1S/C18H24N2O3/c19-16(21)14-8-4-9-15(14)17(22)20-11-5-10-18(12-23-18)13-6-2-1-3-7-13/h1-3,6-7,14-15H,4-5,8-12H2,(H2,19,21)(H,20,22). The SMILES string of the molecule is NC(=O)C1CCCC1C(=O)NCCCC1(c2ccccc2)CO1. The molecule has 1 aliphatic carbocycles. The molecule has 1 aromatic carbocycles. The Balaban J connectivity index is 1.44. The van der Waals surface area contributed by atoms with Gasteiger partial charge in [0.1, 0.15) is 5.60 Å². The van der Waals surface area contributed by atoms with Crippen LogP contribution in [0.1, 0.15) is 37.7 Å². The average Bonchev–Trinajstić information content (AvgIpc) is 3.18. The van der Waals surface area contributed by atoms with Crippen LogP contribution in [0.5, 0.6) is 0 Å². The number of benzene rings is 1. The molecule has 2 aliphatic rings. The Kier molecular flexibility index (Phi) is 4.66. The first-order valence-electron chi connectivity index (χ1n) is 8.39. The lowest BCUT2D eigenvalue weighted by atomic mass is 9.94. The number of primary amides is 1. The molecule has 3 N–H and O–H groups in total. The molecule has 3 unspecified atom stereocenters. The molecule has 0 radical (unpaired) electrons. The maximum Gasteiger partial charge on any atom is 0.223 e. The minimum absolute atomic E-state index is 0.0308. The first-order chi connectivity index (χ1) is 11.1. The molecule has 3 atom stereocenters. The zero-order chi connectivity index (χ0) is 16.3. The summed E-state index contributed by atoms with van der Waals surface area (Å²) in [7, 11) is 0. The summed E-state index contributed by atoms with van der Waals surface area (Å²) in [5.41, 5.74) is 6.42. The van der Waals surface area contributed by atoms with Crippen LogP contribution in [0.2, 0.25) is 0 Å². The van der Waals surface area contributed by atoms with E-state index in [0.29, 0.717) is 6.54 Å². The van der Waals surface area contributed by atoms with Gasteiger partial charge in [0.2, 0.25) is 11.8 Å². The summed E-state index contributed by atoms with van der Waals surface area (Å²) in [6.45, 7) is 1.36. The Morgan fingerprint density at radius 3 is 2.57 bits per heavy atom. The zero-order valence-electron chi connectivity index (χ0n) is 13.3. The molecule has 1 heterocycles. The number of nitrogens with two attached hydrogens (primary N) is 1. The maximum atomic E-state index is 12.2. The van der Waals surface area contributed by atoms with Gasteiger partial charge in [0.25, 0.3) is 0 Å². The van der Waals surface area contributed by atoms with Gasteiger partial charge in [-0.05, 0) is 31.2 Å². The predicted octanol–water partition coefficient (Wildman–Crippen LogP) is 1.71. The fraction of sp³-hybridized carbons (Fsp3) is 0.556. The van der Waals surface area contributed by atoms with Gasteiger partial charge < -0.3 is 15.8 Å². The van der Waals surface area contributed by atoms with E-state index in [9.17, 15) is 9.59 Å².